The molecule has 0 spiro atoms. The molecule has 134 valence electrons. The highest BCUT2D eigenvalue weighted by molar-refractivity contribution is 6.05. The number of nitriles is 1. The summed E-state index contributed by atoms with van der Waals surface area (Å²) in [7, 11) is 0. The molecule has 3 rings (SSSR count). The first-order chi connectivity index (χ1) is 13.2. The van der Waals surface area contributed by atoms with E-state index in [0.717, 1.165) is 0 Å². The van der Waals surface area contributed by atoms with Crippen LogP contribution in [0.5, 0.6) is 0 Å². The minimum Gasteiger partial charge on any atom is -0.370 e. The monoisotopic (exact) mass is 360 g/mol. The summed E-state index contributed by atoms with van der Waals surface area (Å²) in [6.07, 6.45) is 2.02. The zero-order valence-corrected chi connectivity index (χ0v) is 14.4. The fourth-order valence-electron chi connectivity index (χ4n) is 2.58. The fourth-order valence-corrected chi connectivity index (χ4v) is 2.58. The van der Waals surface area contributed by atoms with E-state index in [1.54, 1.807) is 54.6 Å². The largest absolute Gasteiger partial charge is 0.370 e. The normalized spacial score (nSPS) is 10.1. The molecule has 2 aromatic carbocycles. The third-order valence-electron chi connectivity index (χ3n) is 3.98. The number of carbonyl (C=O) groups excluding carboxylic acids is 1. The van der Waals surface area contributed by atoms with Gasteiger partial charge in [-0.15, -0.1) is 0 Å². The second-order valence-electron chi connectivity index (χ2n) is 5.81. The molecule has 1 amide bonds. The van der Waals surface area contributed by atoms with Crippen LogP contribution in [0.4, 0.5) is 15.9 Å². The van der Waals surface area contributed by atoms with Crippen LogP contribution in [0.15, 0.2) is 66.9 Å². The van der Waals surface area contributed by atoms with Gasteiger partial charge in [0.15, 0.2) is 0 Å². The van der Waals surface area contributed by atoms with Crippen molar-refractivity contribution < 1.29 is 9.18 Å². The van der Waals surface area contributed by atoms with Crippen molar-refractivity contribution in [1.29, 1.82) is 5.26 Å². The predicted molar refractivity (Wildman–Crippen MR) is 102 cm³/mol. The molecule has 3 aromatic rings. The number of para-hydroxylation sites is 1. The summed E-state index contributed by atoms with van der Waals surface area (Å²) in [5.41, 5.74) is 1.87. The van der Waals surface area contributed by atoms with Gasteiger partial charge in [0.2, 0.25) is 0 Å². The van der Waals surface area contributed by atoms with Crippen molar-refractivity contribution in [1.82, 2.24) is 4.98 Å². The molecule has 27 heavy (non-hydrogen) atoms. The third kappa shape index (κ3) is 4.67. The number of carbonyl (C=O) groups is 1. The smallest absolute Gasteiger partial charge is 0.255 e. The average molecular weight is 360 g/mol. The topological polar surface area (TPSA) is 77.8 Å². The molecule has 0 unspecified atom stereocenters. The molecule has 0 atom stereocenters. The maximum absolute atomic E-state index is 13.6. The summed E-state index contributed by atoms with van der Waals surface area (Å²) in [5, 5.41) is 14.9. The SMILES string of the molecule is N#Cc1ccccc1NC(=O)c1ccnc(NCCc2ccccc2F)c1. The molecule has 1 heterocycles. The van der Waals surface area contributed by atoms with Gasteiger partial charge in [-0.1, -0.05) is 30.3 Å². The molecule has 0 aliphatic carbocycles. The first-order valence-corrected chi connectivity index (χ1v) is 8.41. The van der Waals surface area contributed by atoms with Gasteiger partial charge < -0.3 is 10.6 Å². The van der Waals surface area contributed by atoms with Crippen molar-refractivity contribution in [2.75, 3.05) is 17.2 Å². The summed E-state index contributed by atoms with van der Waals surface area (Å²) >= 11 is 0. The Balaban J connectivity index is 1.64. The number of aromatic nitrogens is 1. The number of nitrogens with zero attached hydrogens (tertiary/aromatic N) is 2. The Bertz CT molecular complexity index is 997. The van der Waals surface area contributed by atoms with Crippen LogP contribution in [0.1, 0.15) is 21.5 Å². The van der Waals surface area contributed by atoms with Gasteiger partial charge in [-0.2, -0.15) is 5.26 Å². The van der Waals surface area contributed by atoms with E-state index in [-0.39, 0.29) is 11.7 Å². The first-order valence-electron chi connectivity index (χ1n) is 8.41. The number of pyridine rings is 1. The molecule has 1 aromatic heterocycles. The highest BCUT2D eigenvalue weighted by Crippen LogP contribution is 2.16. The summed E-state index contributed by atoms with van der Waals surface area (Å²) < 4.78 is 13.6. The zero-order chi connectivity index (χ0) is 19.1. The van der Waals surface area contributed by atoms with Gasteiger partial charge in [0.25, 0.3) is 5.91 Å². The number of amides is 1. The highest BCUT2D eigenvalue weighted by atomic mass is 19.1. The minimum atomic E-state index is -0.336. The van der Waals surface area contributed by atoms with Crippen LogP contribution < -0.4 is 10.6 Å². The van der Waals surface area contributed by atoms with Gasteiger partial charge in [0.1, 0.15) is 17.7 Å². The molecule has 0 aliphatic heterocycles. The molecular formula is C21H17FN4O. The van der Waals surface area contributed by atoms with Crippen molar-refractivity contribution >= 4 is 17.4 Å². The quantitative estimate of drug-likeness (QED) is 0.696. The number of hydrogen-bond donors (Lipinski definition) is 2. The lowest BCUT2D eigenvalue weighted by molar-refractivity contribution is 0.102. The summed E-state index contributed by atoms with van der Waals surface area (Å²) in [6, 6.07) is 18.7. The van der Waals surface area contributed by atoms with E-state index >= 15 is 0 Å². The summed E-state index contributed by atoms with van der Waals surface area (Å²) in [5.74, 6) is -0.0543. The van der Waals surface area contributed by atoms with Crippen LogP contribution in [0, 0.1) is 17.1 Å². The molecule has 0 fully saturated rings. The second kappa shape index (κ2) is 8.59. The Morgan fingerprint density at radius 3 is 2.70 bits per heavy atom. The molecule has 5 nitrogen and oxygen atoms in total. The molecule has 0 radical (unpaired) electrons. The Morgan fingerprint density at radius 2 is 1.89 bits per heavy atom. The maximum Gasteiger partial charge on any atom is 0.255 e. The fraction of sp³-hybridized carbons (Fsp3) is 0.0952. The summed E-state index contributed by atoms with van der Waals surface area (Å²) in [4.78, 5) is 16.6. The number of nitrogens with one attached hydrogen (secondary N) is 2. The van der Waals surface area contributed by atoms with E-state index in [1.165, 1.54) is 12.3 Å². The minimum absolute atomic E-state index is 0.239. The Hall–Kier alpha value is -3.72. The van der Waals surface area contributed by atoms with Crippen LogP contribution >= 0.6 is 0 Å². The van der Waals surface area contributed by atoms with Gasteiger partial charge >= 0.3 is 0 Å². The Kier molecular flexibility index (Phi) is 5.75. The van der Waals surface area contributed by atoms with Crippen molar-refractivity contribution in [3.05, 3.63) is 89.4 Å². The van der Waals surface area contributed by atoms with Crippen LogP contribution in [-0.2, 0) is 6.42 Å². The molecule has 6 heteroatoms. The number of anilines is 2. The van der Waals surface area contributed by atoms with Gasteiger partial charge in [0.05, 0.1) is 11.3 Å². The van der Waals surface area contributed by atoms with E-state index < -0.39 is 0 Å². The first kappa shape index (κ1) is 18.1. The molecule has 2 N–H and O–H groups in total. The maximum atomic E-state index is 13.6. The van der Waals surface area contributed by atoms with Crippen LogP contribution in [0.25, 0.3) is 0 Å². The number of benzene rings is 2. The van der Waals surface area contributed by atoms with E-state index in [2.05, 4.69) is 15.6 Å². The van der Waals surface area contributed by atoms with E-state index in [0.29, 0.717) is 41.2 Å². The van der Waals surface area contributed by atoms with E-state index in [9.17, 15) is 9.18 Å². The van der Waals surface area contributed by atoms with Gasteiger partial charge in [-0.05, 0) is 42.3 Å². The van der Waals surface area contributed by atoms with Gasteiger partial charge in [-0.25, -0.2) is 9.37 Å². The molecule has 0 bridgehead atoms. The molecule has 0 saturated heterocycles. The van der Waals surface area contributed by atoms with Gasteiger partial charge in [-0.3, -0.25) is 4.79 Å². The number of halogens is 1. The predicted octanol–water partition coefficient (Wildman–Crippen LogP) is 4.00. The van der Waals surface area contributed by atoms with Crippen molar-refractivity contribution in [2.24, 2.45) is 0 Å². The second-order valence-corrected chi connectivity index (χ2v) is 5.81. The average Bonchev–Trinajstić information content (AvgIpc) is 2.70. The molecule has 0 saturated carbocycles. The van der Waals surface area contributed by atoms with Crippen molar-refractivity contribution in [3.63, 3.8) is 0 Å². The Morgan fingerprint density at radius 1 is 1.11 bits per heavy atom. The summed E-state index contributed by atoms with van der Waals surface area (Å²) in [6.45, 7) is 0.482. The van der Waals surface area contributed by atoms with Crippen LogP contribution in [0.3, 0.4) is 0 Å². The van der Waals surface area contributed by atoms with Crippen molar-refractivity contribution in [3.8, 4) is 6.07 Å². The molecular weight excluding hydrogens is 343 g/mol. The van der Waals surface area contributed by atoms with Crippen LogP contribution in [-0.4, -0.2) is 17.4 Å². The lowest BCUT2D eigenvalue weighted by Gasteiger charge is -2.09. The standard InChI is InChI=1S/C21H17FN4O/c22-18-7-3-1-5-15(18)9-11-24-20-13-16(10-12-25-20)21(27)26-19-8-4-2-6-17(19)14-23/h1-8,10,12-13H,9,11H2,(H,24,25)(H,26,27). The Labute approximate surface area is 156 Å². The van der Waals surface area contributed by atoms with Gasteiger partial charge in [0, 0.05) is 18.3 Å². The molecule has 0 aliphatic rings. The zero-order valence-electron chi connectivity index (χ0n) is 14.4. The van der Waals surface area contributed by atoms with E-state index in [4.69, 9.17) is 5.26 Å². The van der Waals surface area contributed by atoms with Crippen molar-refractivity contribution in [2.45, 2.75) is 6.42 Å². The number of rotatable bonds is 6. The number of hydrogen-bond acceptors (Lipinski definition) is 4. The third-order valence-corrected chi connectivity index (χ3v) is 3.98. The lowest BCUT2D eigenvalue weighted by atomic mass is 10.1. The van der Waals surface area contributed by atoms with E-state index in [1.807, 2.05) is 6.07 Å². The highest BCUT2D eigenvalue weighted by Gasteiger charge is 2.10. The lowest BCUT2D eigenvalue weighted by Crippen LogP contribution is -2.14. The van der Waals surface area contributed by atoms with Crippen LogP contribution in [0.2, 0.25) is 0 Å².